The minimum absolute atomic E-state index is 0.0432. The van der Waals surface area contributed by atoms with Crippen LogP contribution in [0, 0.1) is 5.92 Å². The van der Waals surface area contributed by atoms with Gasteiger partial charge in [-0.2, -0.15) is 4.31 Å². The predicted molar refractivity (Wildman–Crippen MR) is 77.3 cm³/mol. The molecule has 0 amide bonds. The number of fused-ring (bicyclic) bond motifs is 2. The molecular weight excluding hydrogens is 290 g/mol. The topological polar surface area (TPSA) is 74.7 Å². The van der Waals surface area contributed by atoms with E-state index in [1.165, 1.54) is 0 Å². The summed E-state index contributed by atoms with van der Waals surface area (Å²) in [7, 11) is -3.46. The Kier molecular flexibility index (Phi) is 3.75. The van der Waals surface area contributed by atoms with Crippen LogP contribution in [0.25, 0.3) is 0 Å². The van der Waals surface area contributed by atoms with Gasteiger partial charge in [0.1, 0.15) is 0 Å². The van der Waals surface area contributed by atoms with Crippen LogP contribution in [0.5, 0.6) is 0 Å². The van der Waals surface area contributed by atoms with Gasteiger partial charge in [-0.15, -0.1) is 0 Å². The van der Waals surface area contributed by atoms with E-state index < -0.39 is 16.0 Å². The van der Waals surface area contributed by atoms with E-state index >= 15 is 0 Å². The van der Waals surface area contributed by atoms with Crippen molar-refractivity contribution in [3.05, 3.63) is 30.3 Å². The lowest BCUT2D eigenvalue weighted by atomic mass is 9.90. The van der Waals surface area contributed by atoms with E-state index in [1.54, 1.807) is 34.6 Å². The molecule has 21 heavy (non-hydrogen) atoms. The van der Waals surface area contributed by atoms with Crippen LogP contribution in [0.15, 0.2) is 35.2 Å². The zero-order valence-electron chi connectivity index (χ0n) is 11.7. The van der Waals surface area contributed by atoms with Crippen molar-refractivity contribution in [1.82, 2.24) is 4.31 Å². The summed E-state index contributed by atoms with van der Waals surface area (Å²) in [6.45, 7) is 0. The van der Waals surface area contributed by atoms with Crippen LogP contribution >= 0.6 is 0 Å². The number of aliphatic carboxylic acids is 1. The Hall–Kier alpha value is -1.40. The number of sulfonamides is 1. The van der Waals surface area contributed by atoms with E-state index in [2.05, 4.69) is 0 Å². The molecule has 0 aliphatic carbocycles. The molecule has 1 aromatic carbocycles. The van der Waals surface area contributed by atoms with E-state index in [9.17, 15) is 13.2 Å². The fourth-order valence-corrected chi connectivity index (χ4v) is 5.68. The maximum Gasteiger partial charge on any atom is 0.303 e. The zero-order valence-corrected chi connectivity index (χ0v) is 12.5. The lowest BCUT2D eigenvalue weighted by molar-refractivity contribution is -0.138. The molecule has 0 radical (unpaired) electrons. The minimum Gasteiger partial charge on any atom is -0.481 e. The first kappa shape index (κ1) is 14.5. The average molecular weight is 309 g/mol. The van der Waals surface area contributed by atoms with Crippen molar-refractivity contribution in [3.63, 3.8) is 0 Å². The number of benzene rings is 1. The lowest BCUT2D eigenvalue weighted by Crippen LogP contribution is -2.46. The Morgan fingerprint density at radius 2 is 1.71 bits per heavy atom. The SMILES string of the molecule is O=C(O)CC1CC2CCC(C1)N2S(=O)(=O)c1ccccc1. The van der Waals surface area contributed by atoms with Crippen LogP contribution in [0.3, 0.4) is 0 Å². The van der Waals surface area contributed by atoms with Crippen LogP contribution < -0.4 is 0 Å². The van der Waals surface area contributed by atoms with Gasteiger partial charge in [0.2, 0.25) is 10.0 Å². The summed E-state index contributed by atoms with van der Waals surface area (Å²) < 4.78 is 27.2. The number of nitrogens with zero attached hydrogens (tertiary/aromatic N) is 1. The Labute approximate surface area is 124 Å². The van der Waals surface area contributed by atoms with Crippen LogP contribution in [-0.2, 0) is 14.8 Å². The average Bonchev–Trinajstić information content (AvgIpc) is 2.72. The lowest BCUT2D eigenvalue weighted by Gasteiger charge is -2.37. The molecule has 1 N–H and O–H groups in total. The van der Waals surface area contributed by atoms with Gasteiger partial charge in [0, 0.05) is 18.5 Å². The van der Waals surface area contributed by atoms with Crippen LogP contribution in [0.4, 0.5) is 0 Å². The molecule has 2 aliphatic rings. The first-order chi connectivity index (χ1) is 9.98. The Morgan fingerprint density at radius 1 is 1.14 bits per heavy atom. The molecule has 2 unspecified atom stereocenters. The molecule has 0 spiro atoms. The Balaban J connectivity index is 1.84. The quantitative estimate of drug-likeness (QED) is 0.924. The maximum atomic E-state index is 12.8. The number of carboxylic acid groups (broad SMARTS) is 1. The molecule has 1 aromatic rings. The number of hydrogen-bond donors (Lipinski definition) is 1. The Morgan fingerprint density at radius 3 is 2.24 bits per heavy atom. The van der Waals surface area contributed by atoms with Crippen molar-refractivity contribution < 1.29 is 18.3 Å². The summed E-state index contributed by atoms with van der Waals surface area (Å²) in [4.78, 5) is 11.2. The van der Waals surface area contributed by atoms with Crippen molar-refractivity contribution in [2.75, 3.05) is 0 Å². The molecule has 6 heteroatoms. The standard InChI is InChI=1S/C15H19NO4S/c17-15(18)10-11-8-12-6-7-13(9-11)16(12)21(19,20)14-4-2-1-3-5-14/h1-5,11-13H,6-10H2,(H,17,18). The normalized spacial score (nSPS) is 29.4. The third kappa shape index (κ3) is 2.70. The molecule has 2 fully saturated rings. The van der Waals surface area contributed by atoms with Gasteiger partial charge in [0.05, 0.1) is 4.90 Å². The molecule has 2 atom stereocenters. The van der Waals surface area contributed by atoms with Gasteiger partial charge in [0.25, 0.3) is 0 Å². The molecule has 2 bridgehead atoms. The van der Waals surface area contributed by atoms with Gasteiger partial charge in [0.15, 0.2) is 0 Å². The van der Waals surface area contributed by atoms with Crippen LogP contribution in [0.1, 0.15) is 32.1 Å². The molecule has 5 nitrogen and oxygen atoms in total. The second-order valence-electron chi connectivity index (χ2n) is 5.97. The van der Waals surface area contributed by atoms with Crippen molar-refractivity contribution in [2.45, 2.75) is 49.1 Å². The van der Waals surface area contributed by atoms with E-state index in [-0.39, 0.29) is 24.4 Å². The molecule has 2 saturated heterocycles. The zero-order chi connectivity index (χ0) is 15.0. The molecule has 2 heterocycles. The number of carbonyl (C=O) groups is 1. The Bertz CT molecular complexity index is 614. The third-order valence-electron chi connectivity index (χ3n) is 4.55. The smallest absolute Gasteiger partial charge is 0.303 e. The van der Waals surface area contributed by atoms with E-state index in [0.717, 1.165) is 12.8 Å². The van der Waals surface area contributed by atoms with Crippen LogP contribution in [0.2, 0.25) is 0 Å². The van der Waals surface area contributed by atoms with Crippen molar-refractivity contribution in [2.24, 2.45) is 5.92 Å². The van der Waals surface area contributed by atoms with Gasteiger partial charge in [-0.25, -0.2) is 8.42 Å². The van der Waals surface area contributed by atoms with Crippen LogP contribution in [-0.4, -0.2) is 35.9 Å². The number of piperidine rings is 1. The third-order valence-corrected chi connectivity index (χ3v) is 6.56. The summed E-state index contributed by atoms with van der Waals surface area (Å²) in [5.41, 5.74) is 0. The fourth-order valence-electron chi connectivity index (χ4n) is 3.77. The largest absolute Gasteiger partial charge is 0.481 e. The summed E-state index contributed by atoms with van der Waals surface area (Å²) in [5, 5.41) is 8.93. The highest BCUT2D eigenvalue weighted by molar-refractivity contribution is 7.89. The highest BCUT2D eigenvalue weighted by Crippen LogP contribution is 2.42. The fraction of sp³-hybridized carbons (Fsp3) is 0.533. The molecular formula is C15H19NO4S. The van der Waals surface area contributed by atoms with Gasteiger partial charge in [-0.3, -0.25) is 4.79 Å². The molecule has 3 rings (SSSR count). The second-order valence-corrected chi connectivity index (χ2v) is 7.81. The summed E-state index contributed by atoms with van der Waals surface area (Å²) in [5.74, 6) is -0.694. The highest BCUT2D eigenvalue weighted by Gasteiger charge is 2.47. The highest BCUT2D eigenvalue weighted by atomic mass is 32.2. The summed E-state index contributed by atoms with van der Waals surface area (Å²) >= 11 is 0. The number of carboxylic acids is 1. The molecule has 0 saturated carbocycles. The van der Waals surface area contributed by atoms with E-state index in [0.29, 0.717) is 17.7 Å². The molecule has 114 valence electrons. The van der Waals surface area contributed by atoms with E-state index in [4.69, 9.17) is 5.11 Å². The van der Waals surface area contributed by atoms with Crippen molar-refractivity contribution >= 4 is 16.0 Å². The first-order valence-corrected chi connectivity index (χ1v) is 8.73. The van der Waals surface area contributed by atoms with E-state index in [1.807, 2.05) is 0 Å². The summed E-state index contributed by atoms with van der Waals surface area (Å²) in [6.07, 6.45) is 3.15. The maximum absolute atomic E-state index is 12.8. The number of rotatable bonds is 4. The second kappa shape index (κ2) is 5.42. The van der Waals surface area contributed by atoms with Gasteiger partial charge < -0.3 is 5.11 Å². The first-order valence-electron chi connectivity index (χ1n) is 7.29. The molecule has 2 aliphatic heterocycles. The van der Waals surface area contributed by atoms with Crippen molar-refractivity contribution in [3.8, 4) is 0 Å². The van der Waals surface area contributed by atoms with Crippen molar-refractivity contribution in [1.29, 1.82) is 0 Å². The summed E-state index contributed by atoms with van der Waals surface area (Å²) in [6, 6.07) is 8.41. The van der Waals surface area contributed by atoms with Gasteiger partial charge in [-0.05, 0) is 43.7 Å². The monoisotopic (exact) mass is 309 g/mol. The minimum atomic E-state index is -3.46. The number of hydrogen-bond acceptors (Lipinski definition) is 3. The van der Waals surface area contributed by atoms with Gasteiger partial charge >= 0.3 is 5.97 Å². The predicted octanol–water partition coefficient (Wildman–Crippen LogP) is 2.09. The molecule has 0 aromatic heterocycles. The van der Waals surface area contributed by atoms with Gasteiger partial charge in [-0.1, -0.05) is 18.2 Å².